The number of hydrogen-bond donors (Lipinski definition) is 2. The highest BCUT2D eigenvalue weighted by Gasteiger charge is 2.65. The number of aliphatic hydroxyl groups is 1. The highest BCUT2D eigenvalue weighted by molar-refractivity contribution is 5.93. The van der Waals surface area contributed by atoms with Crippen molar-refractivity contribution in [3.05, 3.63) is 41.2 Å². The summed E-state index contributed by atoms with van der Waals surface area (Å²) in [4.78, 5) is 13.0. The molecule has 3 aliphatic rings. The topological polar surface area (TPSA) is 85.2 Å². The van der Waals surface area contributed by atoms with Crippen molar-refractivity contribution in [1.29, 1.82) is 0 Å². The Morgan fingerprint density at radius 1 is 1.18 bits per heavy atom. The Balaban J connectivity index is 1.58. The van der Waals surface area contributed by atoms with E-state index in [9.17, 15) is 15.0 Å². The minimum Gasteiger partial charge on any atom is -0.511 e. The molecule has 1 aromatic carbocycles. The van der Waals surface area contributed by atoms with E-state index in [-0.39, 0.29) is 53.0 Å². The number of fused-ring (bicyclic) bond motifs is 1. The standard InChI is InChI=1S/C27H38O6/c1-15(10-11-20(31-6)18-8-7-9-19(28)12-18)24-17(3)21-14-27(33-24)22(25(30)32-21)23(29)16(2)13-26(27,4)5/h7-9,12,15-17,20-21,24,28-29H,10-11,13-14H2,1-6H3/t15-,16+,17-,20-,21-,24+,27-/m0/s1. The molecular formula is C27H38O6. The van der Waals surface area contributed by atoms with Gasteiger partial charge in [0, 0.05) is 25.4 Å². The molecule has 33 heavy (non-hydrogen) atoms. The summed E-state index contributed by atoms with van der Waals surface area (Å²) >= 11 is 0. The number of rotatable bonds is 6. The Kier molecular flexibility index (Phi) is 6.29. The molecule has 2 fully saturated rings. The maximum Gasteiger partial charge on any atom is 0.340 e. The Hall–Kier alpha value is -2.05. The van der Waals surface area contributed by atoms with Gasteiger partial charge in [0.05, 0.1) is 12.2 Å². The zero-order valence-electron chi connectivity index (χ0n) is 20.6. The monoisotopic (exact) mass is 458 g/mol. The molecule has 0 saturated carbocycles. The van der Waals surface area contributed by atoms with Gasteiger partial charge < -0.3 is 24.4 Å². The zero-order chi connectivity index (χ0) is 24.1. The highest BCUT2D eigenvalue weighted by atomic mass is 16.6. The molecule has 2 aliphatic heterocycles. The van der Waals surface area contributed by atoms with Gasteiger partial charge in [-0.05, 0) is 48.3 Å². The van der Waals surface area contributed by atoms with E-state index in [0.717, 1.165) is 24.8 Å². The first kappa shape index (κ1) is 24.1. The maximum atomic E-state index is 13.0. The van der Waals surface area contributed by atoms with Crippen LogP contribution in [0.4, 0.5) is 0 Å². The van der Waals surface area contributed by atoms with Crippen LogP contribution < -0.4 is 0 Å². The average Bonchev–Trinajstić information content (AvgIpc) is 2.75. The van der Waals surface area contributed by atoms with Crippen molar-refractivity contribution in [2.45, 2.75) is 84.2 Å². The van der Waals surface area contributed by atoms with Crippen molar-refractivity contribution in [3.63, 3.8) is 0 Å². The van der Waals surface area contributed by atoms with Crippen LogP contribution in [0.2, 0.25) is 0 Å². The predicted molar refractivity (Wildman–Crippen MR) is 125 cm³/mol. The van der Waals surface area contributed by atoms with Crippen LogP contribution in [0, 0.1) is 23.2 Å². The third-order valence-corrected chi connectivity index (χ3v) is 8.40. The number of phenolic OH excluding ortho intramolecular Hbond substituents is 1. The van der Waals surface area contributed by atoms with Crippen LogP contribution >= 0.6 is 0 Å². The van der Waals surface area contributed by atoms with Gasteiger partial charge in [0.15, 0.2) is 0 Å². The largest absolute Gasteiger partial charge is 0.511 e. The molecular weight excluding hydrogens is 420 g/mol. The van der Waals surface area contributed by atoms with Crippen LogP contribution in [0.25, 0.3) is 0 Å². The molecule has 1 aromatic rings. The lowest BCUT2D eigenvalue weighted by Gasteiger charge is -2.60. The number of hydrogen-bond acceptors (Lipinski definition) is 6. The van der Waals surface area contributed by atoms with E-state index in [1.54, 1.807) is 19.2 Å². The maximum absolute atomic E-state index is 13.0. The fourth-order valence-corrected chi connectivity index (χ4v) is 6.46. The summed E-state index contributed by atoms with van der Waals surface area (Å²) in [5.41, 5.74) is 0.145. The third-order valence-electron chi connectivity index (χ3n) is 8.40. The predicted octanol–water partition coefficient (Wildman–Crippen LogP) is 5.46. The fraction of sp³-hybridized carbons (Fsp3) is 0.667. The molecule has 0 radical (unpaired) electrons. The fourth-order valence-electron chi connectivity index (χ4n) is 6.46. The Morgan fingerprint density at radius 3 is 2.58 bits per heavy atom. The van der Waals surface area contributed by atoms with Crippen LogP contribution in [-0.2, 0) is 19.0 Å². The quantitative estimate of drug-likeness (QED) is 0.551. The summed E-state index contributed by atoms with van der Waals surface area (Å²) in [6.07, 6.45) is 2.50. The minimum absolute atomic E-state index is 0.0511. The third kappa shape index (κ3) is 3.95. The van der Waals surface area contributed by atoms with Crippen molar-refractivity contribution >= 4 is 5.97 Å². The molecule has 1 aliphatic carbocycles. The molecule has 2 bridgehead atoms. The van der Waals surface area contributed by atoms with Gasteiger partial charge in [-0.15, -0.1) is 0 Å². The van der Waals surface area contributed by atoms with Gasteiger partial charge in [0.2, 0.25) is 0 Å². The number of aliphatic hydroxyl groups excluding tert-OH is 1. The second kappa shape index (κ2) is 8.62. The molecule has 2 N–H and O–H groups in total. The smallest absolute Gasteiger partial charge is 0.340 e. The molecule has 6 heteroatoms. The lowest BCUT2D eigenvalue weighted by atomic mass is 9.56. The molecule has 1 spiro atoms. The van der Waals surface area contributed by atoms with Crippen molar-refractivity contribution in [2.75, 3.05) is 7.11 Å². The molecule has 2 heterocycles. The van der Waals surface area contributed by atoms with E-state index in [1.807, 2.05) is 19.1 Å². The van der Waals surface area contributed by atoms with Crippen molar-refractivity contribution in [1.82, 2.24) is 0 Å². The van der Waals surface area contributed by atoms with Gasteiger partial charge in [-0.3, -0.25) is 0 Å². The molecule has 182 valence electrons. The first-order chi connectivity index (χ1) is 15.5. The number of ether oxygens (including phenoxy) is 3. The lowest BCUT2D eigenvalue weighted by molar-refractivity contribution is -0.258. The molecule has 6 nitrogen and oxygen atoms in total. The first-order valence-electron chi connectivity index (χ1n) is 12.1. The summed E-state index contributed by atoms with van der Waals surface area (Å²) in [5.74, 6) is 0.0636. The van der Waals surface area contributed by atoms with Crippen LogP contribution in [-0.4, -0.2) is 41.1 Å². The van der Waals surface area contributed by atoms with E-state index in [0.29, 0.717) is 12.0 Å². The molecule has 0 amide bonds. The van der Waals surface area contributed by atoms with Gasteiger partial charge in [-0.25, -0.2) is 4.79 Å². The molecule has 7 atom stereocenters. The molecule has 0 aromatic heterocycles. The second-order valence-electron chi connectivity index (χ2n) is 11.0. The number of esters is 1. The Labute approximate surface area is 196 Å². The first-order valence-corrected chi connectivity index (χ1v) is 12.1. The summed E-state index contributed by atoms with van der Waals surface area (Å²) < 4.78 is 18.5. The van der Waals surface area contributed by atoms with E-state index < -0.39 is 11.6 Å². The van der Waals surface area contributed by atoms with Gasteiger partial charge in [0.1, 0.15) is 28.8 Å². The van der Waals surface area contributed by atoms with Crippen LogP contribution in [0.15, 0.2) is 35.6 Å². The molecule has 2 saturated heterocycles. The van der Waals surface area contributed by atoms with Crippen LogP contribution in [0.1, 0.15) is 72.0 Å². The number of benzene rings is 1. The molecule has 4 rings (SSSR count). The van der Waals surface area contributed by atoms with Crippen LogP contribution in [0.5, 0.6) is 5.75 Å². The van der Waals surface area contributed by atoms with Crippen LogP contribution in [0.3, 0.4) is 0 Å². The lowest BCUT2D eigenvalue weighted by Crippen LogP contribution is -2.66. The Bertz CT molecular complexity index is 936. The number of carbonyl (C=O) groups is 1. The SMILES string of the molecule is CO[C@@H](CC[C@H](C)[C@H]1O[C@@]23C[C@H](OC(=O)C2=C(O)[C@H](C)CC3(C)C)[C@@H]1C)c1cccc(O)c1. The summed E-state index contributed by atoms with van der Waals surface area (Å²) in [6, 6.07) is 7.19. The molecule has 0 unspecified atom stereocenters. The van der Waals surface area contributed by atoms with Gasteiger partial charge in [-0.2, -0.15) is 0 Å². The summed E-state index contributed by atoms with van der Waals surface area (Å²) in [7, 11) is 1.69. The van der Waals surface area contributed by atoms with Gasteiger partial charge in [0.25, 0.3) is 0 Å². The number of phenols is 1. The van der Waals surface area contributed by atoms with Crippen molar-refractivity contribution in [3.8, 4) is 5.75 Å². The van der Waals surface area contributed by atoms with Crippen molar-refractivity contribution < 1.29 is 29.2 Å². The number of aromatic hydroxyl groups is 1. The minimum atomic E-state index is -0.832. The Morgan fingerprint density at radius 2 is 1.91 bits per heavy atom. The van der Waals surface area contributed by atoms with E-state index in [2.05, 4.69) is 27.7 Å². The number of carbonyl (C=O) groups excluding carboxylic acids is 1. The van der Waals surface area contributed by atoms with E-state index in [4.69, 9.17) is 14.2 Å². The highest BCUT2D eigenvalue weighted by Crippen LogP contribution is 2.59. The summed E-state index contributed by atoms with van der Waals surface area (Å²) in [6.45, 7) is 10.5. The van der Waals surface area contributed by atoms with E-state index in [1.165, 1.54) is 0 Å². The van der Waals surface area contributed by atoms with Crippen molar-refractivity contribution in [2.24, 2.45) is 23.2 Å². The van der Waals surface area contributed by atoms with Gasteiger partial charge in [-0.1, -0.05) is 46.8 Å². The number of methoxy groups -OCH3 is 1. The van der Waals surface area contributed by atoms with Gasteiger partial charge >= 0.3 is 5.97 Å². The summed E-state index contributed by atoms with van der Waals surface area (Å²) in [5, 5.41) is 20.7. The zero-order valence-corrected chi connectivity index (χ0v) is 20.6. The normalized spacial score (nSPS) is 34.9. The number of allylic oxidation sites excluding steroid dienone is 1. The second-order valence-corrected chi connectivity index (χ2v) is 11.0. The van der Waals surface area contributed by atoms with E-state index >= 15 is 0 Å². The average molecular weight is 459 g/mol.